The highest BCUT2D eigenvalue weighted by atomic mass is 32.2. The van der Waals surface area contributed by atoms with Crippen LogP contribution >= 0.6 is 11.8 Å². The van der Waals surface area contributed by atoms with E-state index in [1.807, 2.05) is 0 Å². The Balaban J connectivity index is 2.59. The van der Waals surface area contributed by atoms with Crippen molar-refractivity contribution in [2.45, 2.75) is 18.3 Å². The zero-order valence-corrected chi connectivity index (χ0v) is 10.8. The highest BCUT2D eigenvalue weighted by Gasteiger charge is 2.13. The van der Waals surface area contributed by atoms with E-state index in [4.69, 9.17) is 20.7 Å². The average molecular weight is 290 g/mol. The van der Waals surface area contributed by atoms with Crippen molar-refractivity contribution in [2.75, 3.05) is 19.0 Å². The van der Waals surface area contributed by atoms with Crippen molar-refractivity contribution in [1.29, 1.82) is 0 Å². The molecule has 0 saturated heterocycles. The second-order valence-electron chi connectivity index (χ2n) is 3.41. The average Bonchev–Trinajstić information content (AvgIpc) is 2.74. The summed E-state index contributed by atoms with van der Waals surface area (Å²) >= 11 is 0.987. The standard InChI is InChI=1S/C9H14N4O5S/c10-6(15)4-18-2-1-13-7(3-14)11-12-9(13)19-5-8(16)17/h14H,1-5H2,(H2,10,15)(H,16,17). The number of carboxylic acid groups (broad SMARTS) is 1. The lowest BCUT2D eigenvalue weighted by Crippen LogP contribution is -2.20. The summed E-state index contributed by atoms with van der Waals surface area (Å²) in [6, 6.07) is 0. The molecule has 0 radical (unpaired) electrons. The molecule has 1 aromatic heterocycles. The maximum atomic E-state index is 10.5. The minimum atomic E-state index is -0.977. The predicted molar refractivity (Wildman–Crippen MR) is 64.3 cm³/mol. The van der Waals surface area contributed by atoms with Crippen LogP contribution in [0.4, 0.5) is 0 Å². The number of nitrogens with two attached hydrogens (primary N) is 1. The molecule has 0 spiro atoms. The number of hydrogen-bond donors (Lipinski definition) is 3. The van der Waals surface area contributed by atoms with E-state index in [-0.39, 0.29) is 32.1 Å². The molecular weight excluding hydrogens is 276 g/mol. The molecule has 0 bridgehead atoms. The van der Waals surface area contributed by atoms with Gasteiger partial charge in [-0.25, -0.2) is 0 Å². The molecule has 1 rings (SSSR count). The van der Waals surface area contributed by atoms with E-state index in [0.717, 1.165) is 11.8 Å². The first-order valence-electron chi connectivity index (χ1n) is 5.28. The fraction of sp³-hybridized carbons (Fsp3) is 0.556. The third-order valence-electron chi connectivity index (χ3n) is 1.96. The first-order chi connectivity index (χ1) is 9.04. The zero-order chi connectivity index (χ0) is 14.3. The van der Waals surface area contributed by atoms with Crippen LogP contribution in [0.5, 0.6) is 0 Å². The van der Waals surface area contributed by atoms with Crippen molar-refractivity contribution in [3.8, 4) is 0 Å². The van der Waals surface area contributed by atoms with Gasteiger partial charge in [-0.1, -0.05) is 11.8 Å². The number of carbonyl (C=O) groups is 2. The number of aliphatic hydroxyl groups is 1. The van der Waals surface area contributed by atoms with E-state index in [1.165, 1.54) is 4.57 Å². The Labute approximate surface area is 112 Å². The lowest BCUT2D eigenvalue weighted by Gasteiger charge is -2.08. The van der Waals surface area contributed by atoms with Crippen LogP contribution in [0, 0.1) is 0 Å². The Morgan fingerprint density at radius 3 is 2.74 bits per heavy atom. The van der Waals surface area contributed by atoms with Crippen molar-refractivity contribution < 1.29 is 24.5 Å². The van der Waals surface area contributed by atoms with Gasteiger partial charge in [0.05, 0.1) is 12.4 Å². The summed E-state index contributed by atoms with van der Waals surface area (Å²) in [4.78, 5) is 21.0. The predicted octanol–water partition coefficient (Wildman–Crippen LogP) is -1.55. The second kappa shape index (κ2) is 7.71. The molecule has 19 heavy (non-hydrogen) atoms. The minimum Gasteiger partial charge on any atom is -0.481 e. The summed E-state index contributed by atoms with van der Waals surface area (Å²) in [5, 5.41) is 25.6. The maximum Gasteiger partial charge on any atom is 0.313 e. The first-order valence-corrected chi connectivity index (χ1v) is 6.26. The summed E-state index contributed by atoms with van der Waals surface area (Å²) in [5.41, 5.74) is 4.91. The van der Waals surface area contributed by atoms with Crippen LogP contribution in [-0.4, -0.2) is 55.8 Å². The number of aliphatic carboxylic acids is 1. The number of hydrogen-bond acceptors (Lipinski definition) is 7. The number of aliphatic hydroxyl groups excluding tert-OH is 1. The Bertz CT molecular complexity index is 450. The molecule has 106 valence electrons. The molecule has 0 aliphatic carbocycles. The van der Waals surface area contributed by atoms with Gasteiger partial charge in [0.1, 0.15) is 13.2 Å². The second-order valence-corrected chi connectivity index (χ2v) is 4.35. The fourth-order valence-corrected chi connectivity index (χ4v) is 1.93. The number of nitrogens with zero attached hydrogens (tertiary/aromatic N) is 3. The molecular formula is C9H14N4O5S. The molecule has 0 aromatic carbocycles. The molecule has 0 saturated carbocycles. The number of carbonyl (C=O) groups excluding carboxylic acids is 1. The molecule has 1 heterocycles. The highest BCUT2D eigenvalue weighted by Crippen LogP contribution is 2.16. The van der Waals surface area contributed by atoms with E-state index >= 15 is 0 Å². The van der Waals surface area contributed by atoms with E-state index in [1.54, 1.807) is 0 Å². The molecule has 0 fully saturated rings. The van der Waals surface area contributed by atoms with Gasteiger partial charge in [-0.15, -0.1) is 10.2 Å². The number of rotatable bonds is 9. The monoisotopic (exact) mass is 290 g/mol. The molecule has 0 aliphatic heterocycles. The Hall–Kier alpha value is -1.65. The van der Waals surface area contributed by atoms with Crippen LogP contribution in [0.15, 0.2) is 5.16 Å². The first kappa shape index (κ1) is 15.4. The lowest BCUT2D eigenvalue weighted by atomic mass is 10.5. The van der Waals surface area contributed by atoms with Gasteiger partial charge < -0.3 is 25.3 Å². The number of primary amides is 1. The van der Waals surface area contributed by atoms with E-state index in [2.05, 4.69) is 10.2 Å². The summed E-state index contributed by atoms with van der Waals surface area (Å²) in [6.07, 6.45) is 0. The molecule has 4 N–H and O–H groups in total. The molecule has 0 unspecified atom stereocenters. The normalized spacial score (nSPS) is 10.6. The van der Waals surface area contributed by atoms with Crippen molar-refractivity contribution >= 4 is 23.6 Å². The van der Waals surface area contributed by atoms with Crippen LogP contribution in [-0.2, 0) is 27.5 Å². The molecule has 0 aliphatic rings. The zero-order valence-electron chi connectivity index (χ0n) is 9.98. The van der Waals surface area contributed by atoms with E-state index in [9.17, 15) is 9.59 Å². The molecule has 9 nitrogen and oxygen atoms in total. The fourth-order valence-electron chi connectivity index (χ4n) is 1.22. The molecule has 1 amide bonds. The summed E-state index contributed by atoms with van der Waals surface area (Å²) in [5.74, 6) is -1.41. The highest BCUT2D eigenvalue weighted by molar-refractivity contribution is 7.99. The molecule has 1 aromatic rings. The van der Waals surface area contributed by atoms with Gasteiger partial charge in [-0.05, 0) is 0 Å². The Kier molecular flexibility index (Phi) is 6.25. The van der Waals surface area contributed by atoms with E-state index < -0.39 is 11.9 Å². The van der Waals surface area contributed by atoms with Crippen molar-refractivity contribution in [3.05, 3.63) is 5.82 Å². The van der Waals surface area contributed by atoms with Crippen LogP contribution in [0.3, 0.4) is 0 Å². The summed E-state index contributed by atoms with van der Waals surface area (Å²) in [6.45, 7) is -0.0582. The largest absolute Gasteiger partial charge is 0.481 e. The smallest absolute Gasteiger partial charge is 0.313 e. The Morgan fingerprint density at radius 1 is 1.42 bits per heavy atom. The number of carboxylic acids is 1. The van der Waals surface area contributed by atoms with Gasteiger partial charge in [-0.2, -0.15) is 0 Å². The van der Waals surface area contributed by atoms with Gasteiger partial charge in [0, 0.05) is 6.54 Å². The van der Waals surface area contributed by atoms with Crippen molar-refractivity contribution in [1.82, 2.24) is 14.8 Å². The lowest BCUT2D eigenvalue weighted by molar-refractivity contribution is -0.134. The van der Waals surface area contributed by atoms with Gasteiger partial charge in [-0.3, -0.25) is 9.59 Å². The van der Waals surface area contributed by atoms with Gasteiger partial charge >= 0.3 is 5.97 Å². The summed E-state index contributed by atoms with van der Waals surface area (Å²) < 4.78 is 6.53. The van der Waals surface area contributed by atoms with Gasteiger partial charge in [0.2, 0.25) is 5.91 Å². The SMILES string of the molecule is NC(=O)COCCn1c(CO)nnc1SCC(=O)O. The summed E-state index contributed by atoms with van der Waals surface area (Å²) in [7, 11) is 0. The number of amides is 1. The van der Waals surface area contributed by atoms with Crippen LogP contribution in [0.2, 0.25) is 0 Å². The van der Waals surface area contributed by atoms with E-state index in [0.29, 0.717) is 11.0 Å². The maximum absolute atomic E-state index is 10.5. The molecule has 10 heteroatoms. The van der Waals surface area contributed by atoms with Crippen LogP contribution in [0.1, 0.15) is 5.82 Å². The quantitative estimate of drug-likeness (QED) is 0.366. The van der Waals surface area contributed by atoms with Crippen molar-refractivity contribution in [2.24, 2.45) is 5.73 Å². The van der Waals surface area contributed by atoms with Gasteiger partial charge in [0.15, 0.2) is 11.0 Å². The third-order valence-corrected chi connectivity index (χ3v) is 2.91. The van der Waals surface area contributed by atoms with Crippen molar-refractivity contribution in [3.63, 3.8) is 0 Å². The van der Waals surface area contributed by atoms with Crippen LogP contribution < -0.4 is 5.73 Å². The number of ether oxygens (including phenoxy) is 1. The van der Waals surface area contributed by atoms with Crippen LogP contribution in [0.25, 0.3) is 0 Å². The topological polar surface area (TPSA) is 141 Å². The Morgan fingerprint density at radius 2 is 2.16 bits per heavy atom. The number of thioether (sulfide) groups is 1. The number of aromatic nitrogens is 3. The minimum absolute atomic E-state index is 0.161. The third kappa shape index (κ3) is 5.24. The molecule has 0 atom stereocenters. The van der Waals surface area contributed by atoms with Gasteiger partial charge in [0.25, 0.3) is 0 Å².